The van der Waals surface area contributed by atoms with E-state index in [0.717, 1.165) is 5.56 Å². The maximum absolute atomic E-state index is 13.1. The molecule has 0 amide bonds. The molecule has 0 aliphatic carbocycles. The number of hydrogen-bond acceptors (Lipinski definition) is 6. The third-order valence-electron chi connectivity index (χ3n) is 5.89. The number of nitrogens with one attached hydrogen (secondary N) is 1. The molecule has 190 valence electrons. The van der Waals surface area contributed by atoms with E-state index in [1.54, 1.807) is 51.5 Å². The van der Waals surface area contributed by atoms with Gasteiger partial charge in [-0.05, 0) is 23.8 Å². The van der Waals surface area contributed by atoms with Crippen LogP contribution < -0.4 is 19.9 Å². The Morgan fingerprint density at radius 3 is 2.30 bits per heavy atom. The van der Waals surface area contributed by atoms with Crippen molar-refractivity contribution in [3.63, 3.8) is 0 Å². The first-order chi connectivity index (χ1) is 17.7. The molecule has 0 spiro atoms. The summed E-state index contributed by atoms with van der Waals surface area (Å²) in [7, 11) is 0.927. The molecule has 10 nitrogen and oxygen atoms in total. The van der Waals surface area contributed by atoms with E-state index in [2.05, 4.69) is 9.82 Å². The van der Waals surface area contributed by atoms with Gasteiger partial charge in [-0.3, -0.25) is 18.5 Å². The Kier molecular flexibility index (Phi) is 6.22. The zero-order valence-electron chi connectivity index (χ0n) is 20.5. The largest absolute Gasteiger partial charge is 0.489 e. The van der Waals surface area contributed by atoms with Gasteiger partial charge in [-0.15, -0.1) is 0 Å². The maximum Gasteiger partial charge on any atom is 0.328 e. The van der Waals surface area contributed by atoms with Gasteiger partial charge in [0.15, 0.2) is 5.75 Å². The summed E-state index contributed by atoms with van der Waals surface area (Å²) in [4.78, 5) is 12.5. The van der Waals surface area contributed by atoms with Gasteiger partial charge in [0, 0.05) is 39.5 Å². The third-order valence-corrected chi connectivity index (χ3v) is 7.21. The quantitative estimate of drug-likeness (QED) is 0.334. The van der Waals surface area contributed by atoms with Crippen molar-refractivity contribution >= 4 is 26.7 Å². The fraction of sp³-hybridized carbons (Fsp3) is 0.154. The molecule has 0 radical (unpaired) electrons. The molecule has 0 unspecified atom stereocenters. The van der Waals surface area contributed by atoms with Crippen molar-refractivity contribution in [2.45, 2.75) is 11.5 Å². The zero-order chi connectivity index (χ0) is 26.2. The first-order valence-electron chi connectivity index (χ1n) is 11.4. The Labute approximate surface area is 213 Å². The summed E-state index contributed by atoms with van der Waals surface area (Å²) < 4.78 is 45.1. The van der Waals surface area contributed by atoms with Gasteiger partial charge in [0.05, 0.1) is 22.9 Å². The van der Waals surface area contributed by atoms with Crippen LogP contribution in [0.25, 0.3) is 11.0 Å². The van der Waals surface area contributed by atoms with E-state index in [1.165, 1.54) is 26.2 Å². The van der Waals surface area contributed by atoms with E-state index in [1.807, 2.05) is 36.4 Å². The van der Waals surface area contributed by atoms with Crippen molar-refractivity contribution in [3.8, 4) is 17.2 Å². The average Bonchev–Trinajstić information content (AvgIpc) is 3.42. The molecule has 0 fully saturated rings. The first-order valence-corrected chi connectivity index (χ1v) is 12.9. The number of hydrogen-bond donors (Lipinski definition) is 1. The fourth-order valence-electron chi connectivity index (χ4n) is 3.93. The number of fused-ring (bicyclic) bond motifs is 1. The highest BCUT2D eigenvalue weighted by atomic mass is 32.2. The van der Waals surface area contributed by atoms with E-state index in [-0.39, 0.29) is 22.0 Å². The van der Waals surface area contributed by atoms with E-state index < -0.39 is 10.0 Å². The molecule has 2 aromatic heterocycles. The first kappa shape index (κ1) is 24.2. The molecule has 0 saturated heterocycles. The molecule has 0 aliphatic rings. The van der Waals surface area contributed by atoms with Crippen LogP contribution in [-0.4, -0.2) is 27.3 Å². The summed E-state index contributed by atoms with van der Waals surface area (Å²) in [6.07, 6.45) is 2.65. The second kappa shape index (κ2) is 9.51. The molecule has 5 rings (SSSR count). The van der Waals surface area contributed by atoms with Crippen LogP contribution in [0.4, 0.5) is 5.69 Å². The van der Waals surface area contributed by atoms with E-state index >= 15 is 0 Å². The van der Waals surface area contributed by atoms with Gasteiger partial charge >= 0.3 is 5.69 Å². The molecule has 5 aromatic rings. The number of anilines is 1. The molecule has 1 N–H and O–H groups in total. The number of aromatic nitrogens is 4. The van der Waals surface area contributed by atoms with Gasteiger partial charge in [-0.1, -0.05) is 36.4 Å². The van der Waals surface area contributed by atoms with Crippen LogP contribution in [0.3, 0.4) is 0 Å². The van der Waals surface area contributed by atoms with E-state index in [4.69, 9.17) is 9.47 Å². The summed E-state index contributed by atoms with van der Waals surface area (Å²) in [5.41, 5.74) is 2.08. The van der Waals surface area contributed by atoms with Gasteiger partial charge < -0.3 is 9.47 Å². The number of ether oxygens (including phenoxy) is 2. The second-order valence-electron chi connectivity index (χ2n) is 8.54. The Morgan fingerprint density at radius 2 is 1.59 bits per heavy atom. The Hall–Kier alpha value is -4.51. The fourth-order valence-corrected chi connectivity index (χ4v) is 4.97. The van der Waals surface area contributed by atoms with Crippen LogP contribution in [0.15, 0.2) is 88.8 Å². The normalized spacial score (nSPS) is 11.5. The predicted molar refractivity (Wildman–Crippen MR) is 139 cm³/mol. The lowest BCUT2D eigenvalue weighted by atomic mass is 10.2. The number of benzene rings is 3. The minimum absolute atomic E-state index is 0.000642. The Bertz CT molecular complexity index is 1750. The smallest absolute Gasteiger partial charge is 0.328 e. The lowest BCUT2D eigenvalue weighted by molar-refractivity contribution is 0.304. The van der Waals surface area contributed by atoms with Crippen LogP contribution in [-0.2, 0) is 37.8 Å². The summed E-state index contributed by atoms with van der Waals surface area (Å²) in [6.45, 7) is 0.387. The minimum atomic E-state index is -3.97. The Morgan fingerprint density at radius 1 is 0.892 bits per heavy atom. The SMILES string of the molecule is Cn1cc(S(=O)(=O)Nc2cc3c(cc2Oc2cccc(OCc4ccccc4)c2)n(C)c(=O)n3C)cn1. The Balaban J connectivity index is 1.50. The van der Waals surface area contributed by atoms with Gasteiger partial charge in [0.25, 0.3) is 10.0 Å². The molecule has 11 heteroatoms. The number of rotatable bonds is 8. The zero-order valence-corrected chi connectivity index (χ0v) is 21.3. The van der Waals surface area contributed by atoms with E-state index in [9.17, 15) is 13.2 Å². The van der Waals surface area contributed by atoms with Gasteiger partial charge in [0.2, 0.25) is 0 Å². The number of aryl methyl sites for hydroxylation is 3. The highest BCUT2D eigenvalue weighted by Crippen LogP contribution is 2.36. The molecule has 3 aromatic carbocycles. The van der Waals surface area contributed by atoms with Gasteiger partial charge in [-0.25, -0.2) is 13.2 Å². The molecule has 0 atom stereocenters. The third kappa shape index (κ3) is 4.94. The number of imidazole rings is 1. The van der Waals surface area contributed by atoms with E-state index in [0.29, 0.717) is 29.1 Å². The van der Waals surface area contributed by atoms with Crippen LogP contribution in [0.5, 0.6) is 17.2 Å². The topological polar surface area (TPSA) is 109 Å². The molecule has 0 aliphatic heterocycles. The average molecular weight is 520 g/mol. The minimum Gasteiger partial charge on any atom is -0.489 e. The second-order valence-corrected chi connectivity index (χ2v) is 10.2. The summed E-state index contributed by atoms with van der Waals surface area (Å²) in [6, 6.07) is 20.0. The molecule has 0 bridgehead atoms. The van der Waals surface area contributed by atoms with Gasteiger partial charge in [-0.2, -0.15) is 5.10 Å². The molecule has 37 heavy (non-hydrogen) atoms. The summed E-state index contributed by atoms with van der Waals surface area (Å²) in [5.74, 6) is 1.25. The molecular formula is C26H25N5O5S. The van der Waals surface area contributed by atoms with Crippen molar-refractivity contribution < 1.29 is 17.9 Å². The van der Waals surface area contributed by atoms with Crippen molar-refractivity contribution in [1.82, 2.24) is 18.9 Å². The number of sulfonamides is 1. The van der Waals surface area contributed by atoms with Crippen molar-refractivity contribution in [2.24, 2.45) is 21.1 Å². The van der Waals surface area contributed by atoms with Crippen LogP contribution in [0, 0.1) is 0 Å². The lowest BCUT2D eigenvalue weighted by Gasteiger charge is -2.15. The van der Waals surface area contributed by atoms with Crippen LogP contribution in [0.2, 0.25) is 0 Å². The standard InChI is InChI=1S/C26H25N5O5S/c1-29-16-21(15-27-29)37(33,34)28-22-13-23-24(31(3)26(32)30(23)2)14-25(22)36-20-11-7-10-19(12-20)35-17-18-8-5-4-6-9-18/h4-16,28H,17H2,1-3H3. The van der Waals surface area contributed by atoms with Gasteiger partial charge in [0.1, 0.15) is 23.0 Å². The monoisotopic (exact) mass is 519 g/mol. The molecular weight excluding hydrogens is 494 g/mol. The van der Waals surface area contributed by atoms with Crippen LogP contribution in [0.1, 0.15) is 5.56 Å². The molecule has 0 saturated carbocycles. The predicted octanol–water partition coefficient (Wildman–Crippen LogP) is 3.78. The van der Waals surface area contributed by atoms with Crippen LogP contribution >= 0.6 is 0 Å². The maximum atomic E-state index is 13.1. The van der Waals surface area contributed by atoms with Crippen molar-refractivity contribution in [2.75, 3.05) is 4.72 Å². The van der Waals surface area contributed by atoms with Crippen molar-refractivity contribution in [1.29, 1.82) is 0 Å². The lowest BCUT2D eigenvalue weighted by Crippen LogP contribution is -2.19. The number of nitrogens with zero attached hydrogens (tertiary/aromatic N) is 4. The summed E-state index contributed by atoms with van der Waals surface area (Å²) in [5, 5.41) is 3.95. The van der Waals surface area contributed by atoms with Crippen molar-refractivity contribution in [3.05, 3.63) is 95.2 Å². The highest BCUT2D eigenvalue weighted by Gasteiger charge is 2.21. The summed E-state index contributed by atoms with van der Waals surface area (Å²) >= 11 is 0. The molecule has 2 heterocycles. The highest BCUT2D eigenvalue weighted by molar-refractivity contribution is 7.92.